The number of carbonyl (C=O) groups is 1. The third-order valence-electron chi connectivity index (χ3n) is 4.44. The summed E-state index contributed by atoms with van der Waals surface area (Å²) in [6, 6.07) is 8.73. The smallest absolute Gasteiger partial charge is 0.222 e. The summed E-state index contributed by atoms with van der Waals surface area (Å²) in [7, 11) is 1.90. The molecule has 1 aromatic rings. The van der Waals surface area contributed by atoms with Crippen LogP contribution >= 0.6 is 0 Å². The minimum absolute atomic E-state index is 0.244. The Bertz CT molecular complexity index is 461. The molecule has 0 aromatic heterocycles. The van der Waals surface area contributed by atoms with Crippen molar-refractivity contribution in [1.29, 1.82) is 0 Å². The molecule has 1 heterocycles. The second-order valence-electron chi connectivity index (χ2n) is 6.90. The third kappa shape index (κ3) is 5.04. The number of nitrogens with zero attached hydrogens (tertiary/aromatic N) is 2. The standard InChI is InChI=1S/C19H30N2O/c1-16(2)7-12-19(22)20(3)15-17-8-10-18(11-9-17)21-13-5-4-6-14-21/h8-11,16H,4-7,12-15H2,1-3H3. The lowest BCUT2D eigenvalue weighted by Gasteiger charge is -2.29. The molecule has 3 nitrogen and oxygen atoms in total. The zero-order valence-corrected chi connectivity index (χ0v) is 14.3. The zero-order chi connectivity index (χ0) is 15.9. The molecule has 0 N–H and O–H groups in total. The van der Waals surface area contributed by atoms with Gasteiger partial charge >= 0.3 is 0 Å². The summed E-state index contributed by atoms with van der Waals surface area (Å²) in [5, 5.41) is 0. The van der Waals surface area contributed by atoms with E-state index >= 15 is 0 Å². The number of hydrogen-bond acceptors (Lipinski definition) is 2. The van der Waals surface area contributed by atoms with Crippen molar-refractivity contribution in [1.82, 2.24) is 4.90 Å². The maximum Gasteiger partial charge on any atom is 0.222 e. The molecular formula is C19H30N2O. The third-order valence-corrected chi connectivity index (χ3v) is 4.44. The largest absolute Gasteiger partial charge is 0.372 e. The maximum atomic E-state index is 12.1. The predicted octanol–water partition coefficient (Wildman–Crippen LogP) is 4.07. The van der Waals surface area contributed by atoms with Gasteiger partial charge in [0, 0.05) is 38.8 Å². The fraction of sp³-hybridized carbons (Fsp3) is 0.632. The molecule has 0 unspecified atom stereocenters. The van der Waals surface area contributed by atoms with Gasteiger partial charge in [-0.2, -0.15) is 0 Å². The van der Waals surface area contributed by atoms with Crippen LogP contribution in [0.15, 0.2) is 24.3 Å². The summed E-state index contributed by atoms with van der Waals surface area (Å²) < 4.78 is 0. The Kier molecular flexibility index (Phi) is 6.29. The molecule has 0 bridgehead atoms. The number of carbonyl (C=O) groups excluding carboxylic acids is 1. The fourth-order valence-electron chi connectivity index (χ4n) is 2.93. The van der Waals surface area contributed by atoms with Crippen LogP contribution < -0.4 is 4.90 Å². The van der Waals surface area contributed by atoms with Crippen molar-refractivity contribution in [3.63, 3.8) is 0 Å². The zero-order valence-electron chi connectivity index (χ0n) is 14.3. The van der Waals surface area contributed by atoms with Crippen molar-refractivity contribution in [2.45, 2.75) is 52.5 Å². The molecule has 2 rings (SSSR count). The van der Waals surface area contributed by atoms with Crippen LogP contribution in [-0.2, 0) is 11.3 Å². The summed E-state index contributed by atoms with van der Waals surface area (Å²) >= 11 is 0. The summed E-state index contributed by atoms with van der Waals surface area (Å²) in [5.74, 6) is 0.829. The number of benzene rings is 1. The van der Waals surface area contributed by atoms with E-state index < -0.39 is 0 Å². The van der Waals surface area contributed by atoms with E-state index in [0.29, 0.717) is 18.9 Å². The predicted molar refractivity (Wildman–Crippen MR) is 93.1 cm³/mol. The molecular weight excluding hydrogens is 272 g/mol. The molecule has 0 saturated carbocycles. The normalized spacial score (nSPS) is 15.2. The highest BCUT2D eigenvalue weighted by molar-refractivity contribution is 5.75. The van der Waals surface area contributed by atoms with Gasteiger partial charge in [0.15, 0.2) is 0 Å². The first-order chi connectivity index (χ1) is 10.6. The summed E-state index contributed by atoms with van der Waals surface area (Å²) in [6.07, 6.45) is 5.58. The molecule has 1 amide bonds. The van der Waals surface area contributed by atoms with E-state index in [1.54, 1.807) is 0 Å². The summed E-state index contributed by atoms with van der Waals surface area (Å²) in [4.78, 5) is 16.4. The second kappa shape index (κ2) is 8.21. The van der Waals surface area contributed by atoms with Gasteiger partial charge in [-0.05, 0) is 49.3 Å². The first-order valence-electron chi connectivity index (χ1n) is 8.64. The molecule has 0 spiro atoms. The van der Waals surface area contributed by atoms with Gasteiger partial charge in [-0.1, -0.05) is 26.0 Å². The van der Waals surface area contributed by atoms with Gasteiger partial charge in [-0.25, -0.2) is 0 Å². The lowest BCUT2D eigenvalue weighted by atomic mass is 10.1. The van der Waals surface area contributed by atoms with Gasteiger partial charge in [0.1, 0.15) is 0 Å². The quantitative estimate of drug-likeness (QED) is 0.791. The monoisotopic (exact) mass is 302 g/mol. The molecule has 0 atom stereocenters. The van der Waals surface area contributed by atoms with Crippen molar-refractivity contribution >= 4 is 11.6 Å². The Balaban J connectivity index is 1.86. The first kappa shape index (κ1) is 16.9. The van der Waals surface area contributed by atoms with E-state index in [-0.39, 0.29) is 5.91 Å². The highest BCUT2D eigenvalue weighted by Gasteiger charge is 2.12. The van der Waals surface area contributed by atoms with E-state index in [0.717, 1.165) is 6.42 Å². The Morgan fingerprint density at radius 1 is 1.14 bits per heavy atom. The molecule has 1 aliphatic heterocycles. The molecule has 1 aliphatic rings. The van der Waals surface area contributed by atoms with Crippen molar-refractivity contribution < 1.29 is 4.79 Å². The van der Waals surface area contributed by atoms with Crippen molar-refractivity contribution in [2.24, 2.45) is 5.92 Å². The average Bonchev–Trinajstić information content (AvgIpc) is 2.54. The summed E-state index contributed by atoms with van der Waals surface area (Å²) in [5.41, 5.74) is 2.53. The van der Waals surface area contributed by atoms with Crippen LogP contribution in [0.4, 0.5) is 5.69 Å². The number of rotatable bonds is 6. The highest BCUT2D eigenvalue weighted by Crippen LogP contribution is 2.20. The lowest BCUT2D eigenvalue weighted by molar-refractivity contribution is -0.130. The number of hydrogen-bond donors (Lipinski definition) is 0. The molecule has 0 aliphatic carbocycles. The molecule has 1 aromatic carbocycles. The maximum absolute atomic E-state index is 12.1. The Morgan fingerprint density at radius 3 is 2.36 bits per heavy atom. The van der Waals surface area contributed by atoms with Crippen molar-refractivity contribution in [3.8, 4) is 0 Å². The lowest BCUT2D eigenvalue weighted by Crippen LogP contribution is -2.29. The minimum Gasteiger partial charge on any atom is -0.372 e. The van der Waals surface area contributed by atoms with Gasteiger partial charge in [0.2, 0.25) is 5.91 Å². The topological polar surface area (TPSA) is 23.6 Å². The molecule has 1 fully saturated rings. The van der Waals surface area contributed by atoms with Gasteiger partial charge in [-0.3, -0.25) is 4.79 Å². The molecule has 1 saturated heterocycles. The van der Waals surface area contributed by atoms with Crippen LogP contribution in [0.25, 0.3) is 0 Å². The van der Waals surface area contributed by atoms with Crippen LogP contribution in [0, 0.1) is 5.92 Å². The van der Waals surface area contributed by atoms with Crippen LogP contribution in [0.2, 0.25) is 0 Å². The van der Waals surface area contributed by atoms with E-state index in [2.05, 4.69) is 43.0 Å². The molecule has 3 heteroatoms. The average molecular weight is 302 g/mol. The van der Waals surface area contributed by atoms with E-state index in [1.165, 1.54) is 43.6 Å². The van der Waals surface area contributed by atoms with Crippen LogP contribution in [0.1, 0.15) is 51.5 Å². The summed E-state index contributed by atoms with van der Waals surface area (Å²) in [6.45, 7) is 7.37. The Hall–Kier alpha value is -1.51. The Labute approximate surface area is 135 Å². The minimum atomic E-state index is 0.244. The van der Waals surface area contributed by atoms with Gasteiger partial charge in [-0.15, -0.1) is 0 Å². The van der Waals surface area contributed by atoms with Gasteiger partial charge < -0.3 is 9.80 Å². The van der Waals surface area contributed by atoms with E-state index in [9.17, 15) is 4.79 Å². The van der Waals surface area contributed by atoms with Gasteiger partial charge in [0.05, 0.1) is 0 Å². The van der Waals surface area contributed by atoms with E-state index in [4.69, 9.17) is 0 Å². The molecule has 0 radical (unpaired) electrons. The highest BCUT2D eigenvalue weighted by atomic mass is 16.2. The number of anilines is 1. The first-order valence-corrected chi connectivity index (χ1v) is 8.64. The fourth-order valence-corrected chi connectivity index (χ4v) is 2.93. The van der Waals surface area contributed by atoms with Crippen LogP contribution in [-0.4, -0.2) is 30.9 Å². The number of amides is 1. The van der Waals surface area contributed by atoms with Crippen LogP contribution in [0.3, 0.4) is 0 Å². The van der Waals surface area contributed by atoms with E-state index in [1.807, 2.05) is 11.9 Å². The molecule has 122 valence electrons. The SMILES string of the molecule is CC(C)CCC(=O)N(C)Cc1ccc(N2CCCCC2)cc1. The van der Waals surface area contributed by atoms with Crippen molar-refractivity contribution in [2.75, 3.05) is 25.0 Å². The van der Waals surface area contributed by atoms with Crippen LogP contribution in [0.5, 0.6) is 0 Å². The van der Waals surface area contributed by atoms with Gasteiger partial charge in [0.25, 0.3) is 0 Å². The second-order valence-corrected chi connectivity index (χ2v) is 6.90. The molecule has 22 heavy (non-hydrogen) atoms. The van der Waals surface area contributed by atoms with Crippen molar-refractivity contribution in [3.05, 3.63) is 29.8 Å². The number of piperidine rings is 1. The Morgan fingerprint density at radius 2 is 1.77 bits per heavy atom.